The van der Waals surface area contributed by atoms with Crippen molar-refractivity contribution in [1.82, 2.24) is 0 Å². The molecule has 0 spiro atoms. The fourth-order valence-corrected chi connectivity index (χ4v) is 2.42. The van der Waals surface area contributed by atoms with E-state index in [2.05, 4.69) is 18.2 Å². The number of hydrogen-bond acceptors (Lipinski definition) is 2. The maximum atomic E-state index is 5.59. The molecule has 0 saturated carbocycles. The van der Waals surface area contributed by atoms with Gasteiger partial charge in [-0.25, -0.2) is 0 Å². The molecular formula is C13H10O2Si. The van der Waals surface area contributed by atoms with E-state index in [0.717, 1.165) is 17.4 Å². The second-order valence-electron chi connectivity index (χ2n) is 3.65. The summed E-state index contributed by atoms with van der Waals surface area (Å²) in [5.74, 6) is 0.932. The monoisotopic (exact) mass is 226 g/mol. The molecule has 2 radical (unpaired) electrons. The van der Waals surface area contributed by atoms with Gasteiger partial charge in [0.2, 0.25) is 0 Å². The lowest BCUT2D eigenvalue weighted by Gasteiger charge is -2.16. The molecule has 1 aromatic rings. The average Bonchev–Trinajstić information content (AvgIpc) is 2.33. The van der Waals surface area contributed by atoms with Crippen LogP contribution in [0.5, 0.6) is 0 Å². The summed E-state index contributed by atoms with van der Waals surface area (Å²) < 4.78 is 10.9. The lowest BCUT2D eigenvalue weighted by Crippen LogP contribution is -2.30. The van der Waals surface area contributed by atoms with Gasteiger partial charge in [-0.2, -0.15) is 0 Å². The summed E-state index contributed by atoms with van der Waals surface area (Å²) in [4.78, 5) is 0. The van der Waals surface area contributed by atoms with Crippen molar-refractivity contribution >= 4 is 21.8 Å². The molecule has 0 saturated heterocycles. The highest BCUT2D eigenvalue weighted by Gasteiger charge is 2.12. The van der Waals surface area contributed by atoms with Crippen LogP contribution in [0.4, 0.5) is 0 Å². The van der Waals surface area contributed by atoms with Crippen LogP contribution in [0.2, 0.25) is 0 Å². The third-order valence-electron chi connectivity index (χ3n) is 2.67. The Hall–Kier alpha value is -1.74. The number of fused-ring (bicyclic) bond motifs is 2. The summed E-state index contributed by atoms with van der Waals surface area (Å²) in [6.45, 7) is 0. The van der Waals surface area contributed by atoms with Gasteiger partial charge in [0.1, 0.15) is 5.76 Å². The second kappa shape index (κ2) is 4.02. The highest BCUT2D eigenvalue weighted by atomic mass is 28.3. The van der Waals surface area contributed by atoms with Crippen LogP contribution in [0, 0.1) is 0 Å². The van der Waals surface area contributed by atoms with E-state index in [0.29, 0.717) is 0 Å². The first-order chi connectivity index (χ1) is 7.95. The minimum atomic E-state index is 0.0338. The summed E-state index contributed by atoms with van der Waals surface area (Å²) in [6.07, 6.45) is 8.86. The summed E-state index contributed by atoms with van der Waals surface area (Å²) in [5, 5.41) is 2.32. The van der Waals surface area contributed by atoms with Gasteiger partial charge in [0, 0.05) is 10.8 Å². The van der Waals surface area contributed by atoms with E-state index < -0.39 is 0 Å². The lowest BCUT2D eigenvalue weighted by atomic mass is 10.0. The third-order valence-corrected chi connectivity index (χ3v) is 3.19. The quantitative estimate of drug-likeness (QED) is 0.614. The van der Waals surface area contributed by atoms with E-state index in [1.807, 2.05) is 24.3 Å². The van der Waals surface area contributed by atoms with Gasteiger partial charge in [-0.15, -0.1) is 0 Å². The zero-order valence-electron chi connectivity index (χ0n) is 8.64. The predicted octanol–water partition coefficient (Wildman–Crippen LogP) is 1.00. The number of benzene rings is 1. The number of allylic oxidation sites excluding steroid dienone is 4. The van der Waals surface area contributed by atoms with E-state index in [9.17, 15) is 0 Å². The van der Waals surface area contributed by atoms with Gasteiger partial charge in [0.25, 0.3) is 0 Å². The molecule has 3 rings (SSSR count). The molecule has 0 atom stereocenters. The fourth-order valence-electron chi connectivity index (χ4n) is 1.91. The van der Waals surface area contributed by atoms with E-state index in [1.54, 1.807) is 6.26 Å². The zero-order chi connectivity index (χ0) is 10.8. The summed E-state index contributed by atoms with van der Waals surface area (Å²) in [7, 11) is 0.0338. The van der Waals surface area contributed by atoms with Crippen LogP contribution in [0.3, 0.4) is 0 Å². The molecule has 0 N–H and O–H groups in total. The maximum Gasteiger partial charge on any atom is 0.610 e. The third kappa shape index (κ3) is 1.59. The van der Waals surface area contributed by atoms with Gasteiger partial charge < -0.3 is 8.85 Å². The maximum absolute atomic E-state index is 5.59. The normalized spacial score (nSPS) is 23.2. The van der Waals surface area contributed by atoms with Crippen molar-refractivity contribution in [3.8, 4) is 0 Å². The minimum Gasteiger partial charge on any atom is -0.514 e. The van der Waals surface area contributed by atoms with Crippen molar-refractivity contribution in [1.29, 1.82) is 0 Å². The van der Waals surface area contributed by atoms with Crippen LogP contribution in [0.1, 0.15) is 6.42 Å². The summed E-state index contributed by atoms with van der Waals surface area (Å²) in [5.41, 5.74) is 1.24. The topological polar surface area (TPSA) is 18.5 Å². The summed E-state index contributed by atoms with van der Waals surface area (Å²) in [6, 6.07) is 8.23. The van der Waals surface area contributed by atoms with Crippen molar-refractivity contribution in [2.75, 3.05) is 0 Å². The highest BCUT2D eigenvalue weighted by molar-refractivity contribution is 6.20. The smallest absolute Gasteiger partial charge is 0.514 e. The molecule has 1 aliphatic carbocycles. The van der Waals surface area contributed by atoms with Crippen LogP contribution in [-0.4, -0.2) is 10.0 Å². The Kier molecular flexibility index (Phi) is 2.38. The Labute approximate surface area is 96.3 Å². The van der Waals surface area contributed by atoms with E-state index >= 15 is 0 Å². The first-order valence-electron chi connectivity index (χ1n) is 5.18. The molecule has 0 fully saturated rings. The van der Waals surface area contributed by atoms with Gasteiger partial charge in [0.15, 0.2) is 0 Å². The molecule has 3 heteroatoms. The van der Waals surface area contributed by atoms with Gasteiger partial charge in [-0.05, 0) is 17.7 Å². The second-order valence-corrected chi connectivity index (χ2v) is 4.26. The van der Waals surface area contributed by atoms with Crippen LogP contribution in [-0.2, 0) is 8.85 Å². The van der Waals surface area contributed by atoms with Crippen LogP contribution < -0.4 is 10.4 Å². The Balaban J connectivity index is 2.36. The minimum absolute atomic E-state index is 0.0338. The van der Waals surface area contributed by atoms with Gasteiger partial charge in [-0.3, -0.25) is 0 Å². The SMILES string of the molecule is C1=CC/C2=c3\cccc\c3=C\O[Si]OC2=C1. The van der Waals surface area contributed by atoms with Crippen molar-refractivity contribution in [3.05, 3.63) is 58.7 Å². The van der Waals surface area contributed by atoms with Crippen molar-refractivity contribution in [2.45, 2.75) is 6.42 Å². The number of hydrogen-bond donors (Lipinski definition) is 0. The van der Waals surface area contributed by atoms with Crippen LogP contribution in [0.15, 0.2) is 48.3 Å². The predicted molar refractivity (Wildman–Crippen MR) is 63.3 cm³/mol. The Morgan fingerprint density at radius 1 is 1.19 bits per heavy atom. The van der Waals surface area contributed by atoms with Crippen LogP contribution >= 0.6 is 0 Å². The van der Waals surface area contributed by atoms with E-state index in [4.69, 9.17) is 8.85 Å². The largest absolute Gasteiger partial charge is 0.610 e. The molecule has 0 amide bonds. The molecular weight excluding hydrogens is 216 g/mol. The lowest BCUT2D eigenvalue weighted by molar-refractivity contribution is 0.379. The van der Waals surface area contributed by atoms with Crippen molar-refractivity contribution in [2.24, 2.45) is 0 Å². The molecule has 0 aromatic heterocycles. The van der Waals surface area contributed by atoms with Crippen molar-refractivity contribution in [3.63, 3.8) is 0 Å². The Morgan fingerprint density at radius 2 is 2.12 bits per heavy atom. The molecule has 2 aliphatic rings. The van der Waals surface area contributed by atoms with E-state index in [1.165, 1.54) is 10.8 Å². The molecule has 1 aromatic carbocycles. The molecule has 1 heterocycles. The number of rotatable bonds is 0. The molecule has 0 bridgehead atoms. The first kappa shape index (κ1) is 9.48. The molecule has 1 aliphatic heterocycles. The molecule has 0 unspecified atom stereocenters. The standard InChI is InChI=1S/C13H10O2Si/c1-2-6-11-10(5-1)9-14-16-15-13-8-4-3-7-12(11)13/h1-6,8-9H,7H2/b10-9-,12-11-. The van der Waals surface area contributed by atoms with Crippen molar-refractivity contribution < 1.29 is 8.85 Å². The van der Waals surface area contributed by atoms with Crippen LogP contribution in [0.25, 0.3) is 11.8 Å². The zero-order valence-corrected chi connectivity index (χ0v) is 9.64. The summed E-state index contributed by atoms with van der Waals surface area (Å²) >= 11 is 0. The fraction of sp³-hybridized carbons (Fsp3) is 0.0769. The van der Waals surface area contributed by atoms with E-state index in [-0.39, 0.29) is 10.0 Å². The van der Waals surface area contributed by atoms with Gasteiger partial charge in [0.05, 0.1) is 6.26 Å². The first-order valence-corrected chi connectivity index (χ1v) is 6.00. The Bertz CT molecular complexity index is 584. The Morgan fingerprint density at radius 3 is 3.12 bits per heavy atom. The van der Waals surface area contributed by atoms with Gasteiger partial charge in [-0.1, -0.05) is 36.4 Å². The molecule has 2 nitrogen and oxygen atoms in total. The van der Waals surface area contributed by atoms with Gasteiger partial charge >= 0.3 is 10.0 Å². The average molecular weight is 226 g/mol. The molecule has 78 valence electrons. The molecule has 16 heavy (non-hydrogen) atoms. The highest BCUT2D eigenvalue weighted by Crippen LogP contribution is 2.20.